The van der Waals surface area contributed by atoms with Gasteiger partial charge >= 0.3 is 0 Å². The highest BCUT2D eigenvalue weighted by atomic mass is 15.4. The summed E-state index contributed by atoms with van der Waals surface area (Å²) in [5.74, 6) is 1.49. The third kappa shape index (κ3) is 1.99. The van der Waals surface area contributed by atoms with Crippen LogP contribution in [0.15, 0.2) is 12.7 Å². The molecule has 6 nitrogen and oxygen atoms in total. The quantitative estimate of drug-likeness (QED) is 0.789. The van der Waals surface area contributed by atoms with Crippen LogP contribution in [0.3, 0.4) is 0 Å². The fourth-order valence-electron chi connectivity index (χ4n) is 2.37. The minimum atomic E-state index is 0.347. The van der Waals surface area contributed by atoms with Crippen molar-refractivity contribution in [2.45, 2.75) is 38.6 Å². The van der Waals surface area contributed by atoms with E-state index in [1.165, 1.54) is 24.8 Å². The van der Waals surface area contributed by atoms with Crippen molar-refractivity contribution in [2.24, 2.45) is 5.73 Å². The van der Waals surface area contributed by atoms with Crippen LogP contribution in [0, 0.1) is 0 Å². The monoisotopic (exact) mass is 244 g/mol. The second kappa shape index (κ2) is 4.81. The van der Waals surface area contributed by atoms with Crippen molar-refractivity contribution in [2.75, 3.05) is 0 Å². The van der Waals surface area contributed by atoms with E-state index in [2.05, 4.69) is 20.1 Å². The van der Waals surface area contributed by atoms with Crippen molar-refractivity contribution >= 4 is 0 Å². The molecule has 2 heterocycles. The second-order valence-corrected chi connectivity index (χ2v) is 4.49. The molecule has 1 aliphatic carbocycles. The van der Waals surface area contributed by atoms with Crippen molar-refractivity contribution in [3.05, 3.63) is 29.7 Å². The Morgan fingerprint density at radius 1 is 1.11 bits per heavy atom. The fraction of sp³-hybridized carbons (Fsp3) is 0.500. The summed E-state index contributed by atoms with van der Waals surface area (Å²) in [7, 11) is 0. The molecule has 2 aromatic heterocycles. The maximum Gasteiger partial charge on any atom is 0.164 e. The van der Waals surface area contributed by atoms with Crippen molar-refractivity contribution in [1.82, 2.24) is 24.7 Å². The van der Waals surface area contributed by atoms with Gasteiger partial charge in [-0.3, -0.25) is 0 Å². The third-order valence-corrected chi connectivity index (χ3v) is 3.29. The number of nitrogens with two attached hydrogens (primary N) is 1. The van der Waals surface area contributed by atoms with Crippen LogP contribution in [0.4, 0.5) is 0 Å². The summed E-state index contributed by atoms with van der Waals surface area (Å²) in [5, 5.41) is 4.33. The highest BCUT2D eigenvalue weighted by Crippen LogP contribution is 2.22. The lowest BCUT2D eigenvalue weighted by Crippen LogP contribution is -2.08. The van der Waals surface area contributed by atoms with Crippen LogP contribution in [0.2, 0.25) is 0 Å². The van der Waals surface area contributed by atoms with E-state index in [0.717, 1.165) is 24.4 Å². The van der Waals surface area contributed by atoms with E-state index in [1.807, 2.05) is 0 Å². The minimum Gasteiger partial charge on any atom is -0.324 e. The minimum absolute atomic E-state index is 0.347. The average Bonchev–Trinajstić information content (AvgIpc) is 2.75. The Morgan fingerprint density at radius 2 is 2.00 bits per heavy atom. The predicted molar refractivity (Wildman–Crippen MR) is 66.1 cm³/mol. The van der Waals surface area contributed by atoms with Gasteiger partial charge in [0.2, 0.25) is 0 Å². The Labute approximate surface area is 105 Å². The molecule has 0 bridgehead atoms. The van der Waals surface area contributed by atoms with Gasteiger partial charge in [0.15, 0.2) is 11.6 Å². The Kier molecular flexibility index (Phi) is 3.02. The fourth-order valence-corrected chi connectivity index (χ4v) is 2.37. The zero-order valence-corrected chi connectivity index (χ0v) is 10.2. The van der Waals surface area contributed by atoms with Gasteiger partial charge in [-0.15, -0.1) is 5.10 Å². The summed E-state index contributed by atoms with van der Waals surface area (Å²) in [5.41, 5.74) is 7.90. The average molecular weight is 244 g/mol. The summed E-state index contributed by atoms with van der Waals surface area (Å²) in [6.45, 7) is 0.347. The second-order valence-electron chi connectivity index (χ2n) is 4.49. The summed E-state index contributed by atoms with van der Waals surface area (Å²) >= 11 is 0. The van der Waals surface area contributed by atoms with E-state index >= 15 is 0 Å². The lowest BCUT2D eigenvalue weighted by atomic mass is 10.1. The van der Waals surface area contributed by atoms with Crippen LogP contribution in [0.1, 0.15) is 36.3 Å². The van der Waals surface area contributed by atoms with E-state index in [4.69, 9.17) is 5.73 Å². The van der Waals surface area contributed by atoms with E-state index in [-0.39, 0.29) is 0 Å². The lowest BCUT2D eigenvalue weighted by Gasteiger charge is -2.09. The van der Waals surface area contributed by atoms with Crippen LogP contribution < -0.4 is 5.73 Å². The molecule has 0 aliphatic heterocycles. The van der Waals surface area contributed by atoms with E-state index in [0.29, 0.717) is 12.4 Å². The lowest BCUT2D eigenvalue weighted by molar-refractivity contribution is 0.707. The molecule has 0 spiro atoms. The molecule has 0 saturated carbocycles. The van der Waals surface area contributed by atoms with Gasteiger partial charge in [0.25, 0.3) is 0 Å². The van der Waals surface area contributed by atoms with Crippen molar-refractivity contribution in [3.8, 4) is 5.82 Å². The molecule has 0 atom stereocenters. The Morgan fingerprint density at radius 3 is 2.83 bits per heavy atom. The highest BCUT2D eigenvalue weighted by molar-refractivity contribution is 5.36. The van der Waals surface area contributed by atoms with Crippen molar-refractivity contribution in [1.29, 1.82) is 0 Å². The zero-order chi connectivity index (χ0) is 12.4. The van der Waals surface area contributed by atoms with E-state index in [1.54, 1.807) is 17.3 Å². The van der Waals surface area contributed by atoms with Gasteiger partial charge in [0.05, 0.1) is 6.54 Å². The maximum atomic E-state index is 5.53. The van der Waals surface area contributed by atoms with Crippen LogP contribution >= 0.6 is 0 Å². The Hall–Kier alpha value is -1.82. The van der Waals surface area contributed by atoms with Gasteiger partial charge in [-0.1, -0.05) is 6.42 Å². The first-order valence-corrected chi connectivity index (χ1v) is 6.32. The molecule has 0 aromatic carbocycles. The molecule has 0 amide bonds. The topological polar surface area (TPSA) is 82.5 Å². The van der Waals surface area contributed by atoms with E-state index < -0.39 is 0 Å². The van der Waals surface area contributed by atoms with E-state index in [9.17, 15) is 0 Å². The van der Waals surface area contributed by atoms with Crippen LogP contribution in [-0.2, 0) is 19.4 Å². The third-order valence-electron chi connectivity index (χ3n) is 3.29. The van der Waals surface area contributed by atoms with Crippen LogP contribution in [-0.4, -0.2) is 24.7 Å². The van der Waals surface area contributed by atoms with Gasteiger partial charge in [-0.25, -0.2) is 19.6 Å². The molecule has 0 fully saturated rings. The molecule has 2 N–H and O–H groups in total. The molecule has 0 saturated heterocycles. The van der Waals surface area contributed by atoms with Crippen molar-refractivity contribution in [3.63, 3.8) is 0 Å². The Balaban J connectivity index is 2.06. The molecule has 3 rings (SSSR count). The number of fused-ring (bicyclic) bond motifs is 1. The number of rotatable bonds is 2. The first kappa shape index (κ1) is 11.3. The van der Waals surface area contributed by atoms with Crippen molar-refractivity contribution < 1.29 is 0 Å². The molecule has 1 aliphatic rings. The first-order valence-electron chi connectivity index (χ1n) is 6.32. The number of hydrogen-bond donors (Lipinski definition) is 1. The summed E-state index contributed by atoms with van der Waals surface area (Å²) in [6.07, 6.45) is 8.98. The molecular weight excluding hydrogens is 228 g/mol. The van der Waals surface area contributed by atoms with Crippen LogP contribution in [0.5, 0.6) is 0 Å². The molecule has 18 heavy (non-hydrogen) atoms. The molecular formula is C12H16N6. The smallest absolute Gasteiger partial charge is 0.164 e. The molecule has 6 heteroatoms. The molecule has 0 radical (unpaired) electrons. The van der Waals surface area contributed by atoms with Gasteiger partial charge in [-0.2, -0.15) is 0 Å². The molecule has 94 valence electrons. The standard InChI is InChI=1S/C12H16N6/c13-6-11-16-8-18(17-11)12-9-4-2-1-3-5-10(9)14-7-15-12/h7-8H,1-6,13H2. The number of aryl methyl sites for hydroxylation is 1. The summed E-state index contributed by atoms with van der Waals surface area (Å²) in [4.78, 5) is 12.9. The molecule has 2 aromatic rings. The largest absolute Gasteiger partial charge is 0.324 e. The number of aromatic nitrogens is 5. The normalized spacial score (nSPS) is 15.2. The molecule has 0 unspecified atom stereocenters. The van der Waals surface area contributed by atoms with Gasteiger partial charge in [0, 0.05) is 11.3 Å². The van der Waals surface area contributed by atoms with Gasteiger partial charge in [0.1, 0.15) is 12.7 Å². The van der Waals surface area contributed by atoms with Gasteiger partial charge < -0.3 is 5.73 Å². The maximum absolute atomic E-state index is 5.53. The highest BCUT2D eigenvalue weighted by Gasteiger charge is 2.16. The summed E-state index contributed by atoms with van der Waals surface area (Å²) in [6, 6.07) is 0. The number of nitrogens with zero attached hydrogens (tertiary/aromatic N) is 5. The predicted octanol–water partition coefficient (Wildman–Crippen LogP) is 0.785. The Bertz CT molecular complexity index is 547. The van der Waals surface area contributed by atoms with Gasteiger partial charge in [-0.05, 0) is 25.7 Å². The first-order chi connectivity index (χ1) is 8.88. The summed E-state index contributed by atoms with van der Waals surface area (Å²) < 4.78 is 1.72. The number of hydrogen-bond acceptors (Lipinski definition) is 5. The van der Waals surface area contributed by atoms with Crippen LogP contribution in [0.25, 0.3) is 5.82 Å². The SMILES string of the molecule is NCc1ncn(-c2ncnc3c2CCCCC3)n1. The zero-order valence-electron chi connectivity index (χ0n) is 10.2.